The van der Waals surface area contributed by atoms with E-state index in [0.29, 0.717) is 23.9 Å². The maximum atomic E-state index is 12.7. The summed E-state index contributed by atoms with van der Waals surface area (Å²) in [5.41, 5.74) is 0.580. The van der Waals surface area contributed by atoms with E-state index in [1.807, 2.05) is 32.9 Å². The van der Waals surface area contributed by atoms with Crippen molar-refractivity contribution in [2.24, 2.45) is 0 Å². The molecule has 2 aromatic rings. The topological polar surface area (TPSA) is 76.9 Å². The van der Waals surface area contributed by atoms with Crippen LogP contribution in [0.5, 0.6) is 0 Å². The van der Waals surface area contributed by atoms with Gasteiger partial charge in [-0.15, -0.1) is 10.2 Å². The van der Waals surface area contributed by atoms with Gasteiger partial charge >= 0.3 is 0 Å². The van der Waals surface area contributed by atoms with Gasteiger partial charge < -0.3 is 4.57 Å². The third-order valence-corrected chi connectivity index (χ3v) is 5.73. The Kier molecular flexibility index (Phi) is 4.48. The highest BCUT2D eigenvalue weighted by atomic mass is 32.2. The van der Waals surface area contributed by atoms with Crippen molar-refractivity contribution in [3.8, 4) is 0 Å². The highest BCUT2D eigenvalue weighted by molar-refractivity contribution is 7.89. The van der Waals surface area contributed by atoms with E-state index in [2.05, 4.69) is 19.5 Å². The van der Waals surface area contributed by atoms with Gasteiger partial charge in [-0.05, 0) is 29.9 Å². The predicted molar refractivity (Wildman–Crippen MR) is 92.3 cm³/mol. The van der Waals surface area contributed by atoms with Crippen LogP contribution in [-0.2, 0) is 21.9 Å². The Balaban J connectivity index is 1.72. The average molecular weight is 348 g/mol. The lowest BCUT2D eigenvalue weighted by Crippen LogP contribution is -2.29. The first kappa shape index (κ1) is 17.1. The van der Waals surface area contributed by atoms with Crippen molar-refractivity contribution in [2.45, 2.75) is 56.4 Å². The lowest BCUT2D eigenvalue weighted by atomic mass is 9.87. The molecule has 1 aromatic carbocycles. The van der Waals surface area contributed by atoms with E-state index in [9.17, 15) is 8.42 Å². The summed E-state index contributed by atoms with van der Waals surface area (Å²) in [5, 5.41) is 8.04. The van der Waals surface area contributed by atoms with Gasteiger partial charge in [0.25, 0.3) is 0 Å². The minimum absolute atomic E-state index is 0.239. The zero-order valence-electron chi connectivity index (χ0n) is 14.4. The summed E-state index contributed by atoms with van der Waals surface area (Å²) < 4.78 is 30.2. The van der Waals surface area contributed by atoms with Gasteiger partial charge in [-0.3, -0.25) is 0 Å². The Morgan fingerprint density at radius 2 is 1.96 bits per heavy atom. The van der Waals surface area contributed by atoms with Crippen LogP contribution in [0.3, 0.4) is 0 Å². The van der Waals surface area contributed by atoms with Crippen molar-refractivity contribution in [3.63, 3.8) is 0 Å². The van der Waals surface area contributed by atoms with Crippen LogP contribution in [-0.4, -0.2) is 29.7 Å². The third kappa shape index (κ3) is 3.67. The molecule has 1 fully saturated rings. The number of rotatable bonds is 6. The minimum Gasteiger partial charge on any atom is -0.314 e. The van der Waals surface area contributed by atoms with Crippen LogP contribution >= 0.6 is 0 Å². The van der Waals surface area contributed by atoms with Gasteiger partial charge in [0.15, 0.2) is 0 Å². The molecule has 0 radical (unpaired) electrons. The van der Waals surface area contributed by atoms with Crippen LogP contribution < -0.4 is 4.72 Å². The molecule has 0 bridgehead atoms. The largest absolute Gasteiger partial charge is 0.314 e. The molecule has 0 amide bonds. The second-order valence-corrected chi connectivity index (χ2v) is 9.01. The first-order valence-corrected chi connectivity index (χ1v) is 9.75. The maximum absolute atomic E-state index is 12.7. The molecule has 0 unspecified atom stereocenters. The fourth-order valence-corrected chi connectivity index (χ4v) is 4.25. The SMILES string of the molecule is CC(C)(C)c1ccccc1S(=O)(=O)NCCc1nncn1C1CC1. The fourth-order valence-electron chi connectivity index (χ4n) is 2.80. The Hall–Kier alpha value is -1.73. The summed E-state index contributed by atoms with van der Waals surface area (Å²) in [5.74, 6) is 0.837. The van der Waals surface area contributed by atoms with Crippen molar-refractivity contribution >= 4 is 10.0 Å². The maximum Gasteiger partial charge on any atom is 0.240 e. The average Bonchev–Trinajstić information content (AvgIpc) is 3.26. The molecule has 0 atom stereocenters. The lowest BCUT2D eigenvalue weighted by Gasteiger charge is -2.22. The minimum atomic E-state index is -3.55. The van der Waals surface area contributed by atoms with Gasteiger partial charge in [0.05, 0.1) is 4.90 Å². The zero-order chi connectivity index (χ0) is 17.4. The second-order valence-electron chi connectivity index (χ2n) is 7.28. The second kappa shape index (κ2) is 6.29. The van der Waals surface area contributed by atoms with Crippen LogP contribution in [0.4, 0.5) is 0 Å². The standard InChI is InChI=1S/C17H24N4O2S/c1-17(2,3)14-6-4-5-7-15(14)24(22,23)19-11-10-16-20-18-12-21(16)13-8-9-13/h4-7,12-13,19H,8-11H2,1-3H3. The highest BCUT2D eigenvalue weighted by Gasteiger charge is 2.27. The molecule has 0 saturated heterocycles. The molecule has 0 spiro atoms. The molecule has 1 N–H and O–H groups in total. The third-order valence-electron chi connectivity index (χ3n) is 4.21. The molecule has 6 nitrogen and oxygen atoms in total. The molecule has 130 valence electrons. The van der Waals surface area contributed by atoms with Crippen molar-refractivity contribution < 1.29 is 8.42 Å². The number of hydrogen-bond donors (Lipinski definition) is 1. The Bertz CT molecular complexity index is 817. The van der Waals surface area contributed by atoms with Crippen LogP contribution in [0, 0.1) is 0 Å². The number of nitrogens with one attached hydrogen (secondary N) is 1. The number of nitrogens with zero attached hydrogens (tertiary/aromatic N) is 3. The van der Waals surface area contributed by atoms with Crippen molar-refractivity contribution in [2.75, 3.05) is 6.54 Å². The van der Waals surface area contributed by atoms with Crippen LogP contribution in [0.15, 0.2) is 35.5 Å². The predicted octanol–water partition coefficient (Wildman–Crippen LogP) is 2.43. The summed E-state index contributed by atoms with van der Waals surface area (Å²) >= 11 is 0. The fraction of sp³-hybridized carbons (Fsp3) is 0.529. The molecule has 1 heterocycles. The molecule has 0 aliphatic heterocycles. The molecule has 1 aromatic heterocycles. The van der Waals surface area contributed by atoms with Gasteiger partial charge in [-0.1, -0.05) is 39.0 Å². The van der Waals surface area contributed by atoms with Crippen LogP contribution in [0.25, 0.3) is 0 Å². The molecule has 3 rings (SSSR count). The smallest absolute Gasteiger partial charge is 0.240 e. The van der Waals surface area contributed by atoms with Gasteiger partial charge in [-0.25, -0.2) is 13.1 Å². The summed E-state index contributed by atoms with van der Waals surface area (Å²) in [6.45, 7) is 6.35. The van der Waals surface area contributed by atoms with E-state index >= 15 is 0 Å². The van der Waals surface area contributed by atoms with Crippen molar-refractivity contribution in [3.05, 3.63) is 42.0 Å². The molecule has 1 aliphatic carbocycles. The Morgan fingerprint density at radius 3 is 2.62 bits per heavy atom. The first-order chi connectivity index (χ1) is 11.3. The summed E-state index contributed by atoms with van der Waals surface area (Å²) in [6, 6.07) is 7.66. The Morgan fingerprint density at radius 1 is 1.25 bits per heavy atom. The van der Waals surface area contributed by atoms with E-state index in [1.165, 1.54) is 0 Å². The molecule has 1 aliphatic rings. The van der Waals surface area contributed by atoms with E-state index in [4.69, 9.17) is 0 Å². The molecule has 24 heavy (non-hydrogen) atoms. The van der Waals surface area contributed by atoms with Gasteiger partial charge in [0.1, 0.15) is 12.2 Å². The van der Waals surface area contributed by atoms with E-state index in [1.54, 1.807) is 18.5 Å². The van der Waals surface area contributed by atoms with Crippen LogP contribution in [0.2, 0.25) is 0 Å². The molecule has 1 saturated carbocycles. The van der Waals surface area contributed by atoms with E-state index < -0.39 is 10.0 Å². The van der Waals surface area contributed by atoms with Crippen LogP contribution in [0.1, 0.15) is 51.0 Å². The van der Waals surface area contributed by atoms with Gasteiger partial charge in [0, 0.05) is 19.0 Å². The monoisotopic (exact) mass is 348 g/mol. The first-order valence-electron chi connectivity index (χ1n) is 8.26. The van der Waals surface area contributed by atoms with Crippen molar-refractivity contribution in [1.29, 1.82) is 0 Å². The normalized spacial score (nSPS) is 15.6. The van der Waals surface area contributed by atoms with Crippen molar-refractivity contribution in [1.82, 2.24) is 19.5 Å². The summed E-state index contributed by atoms with van der Waals surface area (Å²) in [7, 11) is -3.55. The molecule has 7 heteroatoms. The quantitative estimate of drug-likeness (QED) is 0.870. The highest BCUT2D eigenvalue weighted by Crippen LogP contribution is 2.35. The number of benzene rings is 1. The Labute approximate surface area is 143 Å². The van der Waals surface area contributed by atoms with E-state index in [0.717, 1.165) is 24.2 Å². The number of sulfonamides is 1. The van der Waals surface area contributed by atoms with E-state index in [-0.39, 0.29) is 5.41 Å². The summed E-state index contributed by atoms with van der Waals surface area (Å²) in [6.07, 6.45) is 4.56. The van der Waals surface area contributed by atoms with Gasteiger partial charge in [0.2, 0.25) is 10.0 Å². The molecular weight excluding hydrogens is 324 g/mol. The summed E-state index contributed by atoms with van der Waals surface area (Å²) in [4.78, 5) is 0.348. The van der Waals surface area contributed by atoms with Gasteiger partial charge in [-0.2, -0.15) is 0 Å². The number of hydrogen-bond acceptors (Lipinski definition) is 4. The lowest BCUT2D eigenvalue weighted by molar-refractivity contribution is 0.553. The molecular formula is C17H24N4O2S. The number of aromatic nitrogens is 3. The zero-order valence-corrected chi connectivity index (χ0v) is 15.2.